The maximum Gasteiger partial charge on any atom is 0.197 e. The monoisotopic (exact) mass is 267 g/mol. The predicted molar refractivity (Wildman–Crippen MR) is 72.5 cm³/mol. The third kappa shape index (κ3) is 3.36. The van der Waals surface area contributed by atoms with Gasteiger partial charge in [-0.05, 0) is 18.2 Å². The first-order valence-electron chi connectivity index (χ1n) is 5.00. The molecule has 1 aromatic heterocycles. The van der Waals surface area contributed by atoms with Gasteiger partial charge in [0.1, 0.15) is 5.75 Å². The first-order chi connectivity index (χ1) is 8.31. The summed E-state index contributed by atoms with van der Waals surface area (Å²) in [6, 6.07) is 8.01. The molecule has 4 nitrogen and oxygen atoms in total. The summed E-state index contributed by atoms with van der Waals surface area (Å²) in [5.41, 5.74) is 2.54. The smallest absolute Gasteiger partial charge is 0.197 e. The second kappa shape index (κ2) is 5.90. The number of thioether (sulfide) groups is 1. The molecule has 0 spiro atoms. The normalized spacial score (nSPS) is 10.2. The van der Waals surface area contributed by atoms with Gasteiger partial charge in [-0.2, -0.15) is 0 Å². The average molecular weight is 267 g/mol. The molecule has 0 amide bonds. The van der Waals surface area contributed by atoms with Crippen molar-refractivity contribution in [3.8, 4) is 5.75 Å². The van der Waals surface area contributed by atoms with E-state index in [9.17, 15) is 0 Å². The van der Waals surface area contributed by atoms with Crippen molar-refractivity contribution in [2.75, 3.05) is 12.5 Å². The van der Waals surface area contributed by atoms with E-state index in [4.69, 9.17) is 10.6 Å². The number of benzene rings is 1. The van der Waals surface area contributed by atoms with Crippen molar-refractivity contribution in [2.45, 2.75) is 10.6 Å². The van der Waals surface area contributed by atoms with E-state index in [-0.39, 0.29) is 0 Å². The minimum absolute atomic E-state index is 0.742. The Morgan fingerprint density at radius 2 is 2.41 bits per heavy atom. The fourth-order valence-corrected chi connectivity index (χ4v) is 2.97. The molecule has 2 rings (SSSR count). The molecule has 0 atom stereocenters. The first-order valence-corrected chi connectivity index (χ1v) is 6.80. The zero-order chi connectivity index (χ0) is 12.1. The van der Waals surface area contributed by atoms with Crippen LogP contribution in [0.1, 0.15) is 4.88 Å². The van der Waals surface area contributed by atoms with Gasteiger partial charge in [-0.3, -0.25) is 5.43 Å². The number of thiazole rings is 1. The van der Waals surface area contributed by atoms with Crippen LogP contribution in [-0.4, -0.2) is 12.1 Å². The van der Waals surface area contributed by atoms with Gasteiger partial charge in [-0.1, -0.05) is 6.07 Å². The number of anilines is 1. The van der Waals surface area contributed by atoms with Gasteiger partial charge in [0.15, 0.2) is 5.13 Å². The molecular weight excluding hydrogens is 254 g/mol. The molecule has 0 fully saturated rings. The van der Waals surface area contributed by atoms with Crippen LogP contribution >= 0.6 is 23.1 Å². The number of nitrogens with one attached hydrogen (secondary N) is 1. The molecule has 0 saturated carbocycles. The van der Waals surface area contributed by atoms with Crippen molar-refractivity contribution in [3.05, 3.63) is 35.3 Å². The Morgan fingerprint density at radius 3 is 3.12 bits per heavy atom. The SMILES string of the molecule is COc1cccc(SCc2cnc(NN)s2)c1. The summed E-state index contributed by atoms with van der Waals surface area (Å²) in [5, 5.41) is 0.742. The maximum absolute atomic E-state index is 5.28. The van der Waals surface area contributed by atoms with Gasteiger partial charge in [0.2, 0.25) is 0 Å². The molecule has 1 aromatic carbocycles. The summed E-state index contributed by atoms with van der Waals surface area (Å²) >= 11 is 3.31. The Labute approximate surface area is 108 Å². The van der Waals surface area contributed by atoms with Crippen LogP contribution in [0.5, 0.6) is 5.75 Å². The van der Waals surface area contributed by atoms with Gasteiger partial charge in [0.25, 0.3) is 0 Å². The van der Waals surface area contributed by atoms with Crippen LogP contribution in [0.15, 0.2) is 35.4 Å². The molecule has 0 aliphatic rings. The van der Waals surface area contributed by atoms with Gasteiger partial charge in [-0.15, -0.1) is 23.1 Å². The van der Waals surface area contributed by atoms with E-state index in [0.29, 0.717) is 0 Å². The second-order valence-electron chi connectivity index (χ2n) is 3.24. The van der Waals surface area contributed by atoms with Crippen molar-refractivity contribution in [1.29, 1.82) is 0 Å². The quantitative estimate of drug-likeness (QED) is 0.495. The van der Waals surface area contributed by atoms with Crippen LogP contribution in [0.3, 0.4) is 0 Å². The van der Waals surface area contributed by atoms with Gasteiger partial charge in [0.05, 0.1) is 7.11 Å². The van der Waals surface area contributed by atoms with E-state index < -0.39 is 0 Å². The lowest BCUT2D eigenvalue weighted by molar-refractivity contribution is 0.413. The number of nitrogens with two attached hydrogens (primary N) is 1. The van der Waals surface area contributed by atoms with Crippen LogP contribution < -0.4 is 16.0 Å². The summed E-state index contributed by atoms with van der Waals surface area (Å²) in [6.45, 7) is 0. The summed E-state index contributed by atoms with van der Waals surface area (Å²) in [7, 11) is 1.67. The topological polar surface area (TPSA) is 60.2 Å². The number of aromatic nitrogens is 1. The molecule has 0 saturated heterocycles. The van der Waals surface area contributed by atoms with Crippen LogP contribution in [0.25, 0.3) is 0 Å². The molecule has 0 radical (unpaired) electrons. The summed E-state index contributed by atoms with van der Waals surface area (Å²) in [5.74, 6) is 7.04. The summed E-state index contributed by atoms with van der Waals surface area (Å²) < 4.78 is 5.18. The number of ether oxygens (including phenoxy) is 1. The molecule has 0 bridgehead atoms. The predicted octanol–water partition coefficient (Wildman–Crippen LogP) is 2.73. The summed E-state index contributed by atoms with van der Waals surface area (Å²) in [6.07, 6.45) is 1.84. The third-order valence-corrected chi connectivity index (χ3v) is 4.25. The standard InChI is InChI=1S/C11H13N3OS2/c1-15-8-3-2-4-9(5-8)16-7-10-6-13-11(14-12)17-10/h2-6H,7,12H2,1H3,(H,13,14). The molecule has 90 valence electrons. The highest BCUT2D eigenvalue weighted by Gasteiger charge is 2.02. The van der Waals surface area contributed by atoms with E-state index >= 15 is 0 Å². The number of nitrogen functional groups attached to an aromatic ring is 1. The van der Waals surface area contributed by atoms with E-state index in [1.54, 1.807) is 30.2 Å². The molecular formula is C11H13N3OS2. The highest BCUT2D eigenvalue weighted by atomic mass is 32.2. The van der Waals surface area contributed by atoms with E-state index in [2.05, 4.69) is 16.5 Å². The Bertz CT molecular complexity index is 487. The Hall–Kier alpha value is -1.24. The molecule has 17 heavy (non-hydrogen) atoms. The van der Waals surface area contributed by atoms with Crippen LogP contribution in [0.4, 0.5) is 5.13 Å². The van der Waals surface area contributed by atoms with Crippen molar-refractivity contribution in [1.82, 2.24) is 4.98 Å². The van der Waals surface area contributed by atoms with Crippen molar-refractivity contribution >= 4 is 28.2 Å². The minimum atomic E-state index is 0.742. The lowest BCUT2D eigenvalue weighted by Crippen LogP contribution is -2.05. The third-order valence-electron chi connectivity index (χ3n) is 2.10. The fourth-order valence-electron chi connectivity index (χ4n) is 1.29. The van der Waals surface area contributed by atoms with E-state index in [1.807, 2.05) is 24.4 Å². The molecule has 1 heterocycles. The van der Waals surface area contributed by atoms with Gasteiger partial charge in [-0.25, -0.2) is 10.8 Å². The highest BCUT2D eigenvalue weighted by molar-refractivity contribution is 7.98. The Kier molecular flexibility index (Phi) is 4.24. The molecule has 6 heteroatoms. The fraction of sp³-hybridized carbons (Fsp3) is 0.182. The van der Waals surface area contributed by atoms with Crippen LogP contribution in [0.2, 0.25) is 0 Å². The van der Waals surface area contributed by atoms with Gasteiger partial charge >= 0.3 is 0 Å². The number of hydrogen-bond donors (Lipinski definition) is 2. The van der Waals surface area contributed by atoms with Gasteiger partial charge in [0, 0.05) is 21.7 Å². The van der Waals surface area contributed by atoms with Gasteiger partial charge < -0.3 is 4.74 Å². The zero-order valence-electron chi connectivity index (χ0n) is 9.34. The second-order valence-corrected chi connectivity index (χ2v) is 5.41. The number of hydrogen-bond acceptors (Lipinski definition) is 6. The lowest BCUT2D eigenvalue weighted by atomic mass is 10.3. The Balaban J connectivity index is 1.96. The van der Waals surface area contributed by atoms with E-state index in [0.717, 1.165) is 16.6 Å². The zero-order valence-corrected chi connectivity index (χ0v) is 11.0. The van der Waals surface area contributed by atoms with Crippen LogP contribution in [-0.2, 0) is 5.75 Å². The van der Waals surface area contributed by atoms with Crippen molar-refractivity contribution < 1.29 is 4.74 Å². The van der Waals surface area contributed by atoms with Crippen LogP contribution in [0, 0.1) is 0 Å². The first kappa shape index (κ1) is 12.2. The summed E-state index contributed by atoms with van der Waals surface area (Å²) in [4.78, 5) is 6.49. The number of hydrazine groups is 1. The number of nitrogens with zero attached hydrogens (tertiary/aromatic N) is 1. The molecule has 0 aliphatic carbocycles. The Morgan fingerprint density at radius 1 is 1.53 bits per heavy atom. The average Bonchev–Trinajstić information content (AvgIpc) is 2.84. The highest BCUT2D eigenvalue weighted by Crippen LogP contribution is 2.28. The molecule has 3 N–H and O–H groups in total. The largest absolute Gasteiger partial charge is 0.497 e. The number of methoxy groups -OCH3 is 1. The molecule has 0 unspecified atom stereocenters. The van der Waals surface area contributed by atoms with E-state index in [1.165, 1.54) is 9.77 Å². The molecule has 2 aromatic rings. The van der Waals surface area contributed by atoms with Crippen molar-refractivity contribution in [3.63, 3.8) is 0 Å². The number of rotatable bonds is 5. The lowest BCUT2D eigenvalue weighted by Gasteiger charge is -2.02. The van der Waals surface area contributed by atoms with Crippen molar-refractivity contribution in [2.24, 2.45) is 5.84 Å². The minimum Gasteiger partial charge on any atom is -0.497 e. The maximum atomic E-state index is 5.28. The molecule has 0 aliphatic heterocycles.